The first-order valence-electron chi connectivity index (χ1n) is 7.98. The van der Waals surface area contributed by atoms with Crippen molar-refractivity contribution in [2.45, 2.75) is 11.8 Å². The van der Waals surface area contributed by atoms with Crippen molar-refractivity contribution in [3.8, 4) is 0 Å². The number of fused-ring (bicyclic) bond motifs is 1. The largest absolute Gasteiger partial charge is 0.465 e. The number of carbonyl (C=O) groups excluding carboxylic acids is 1. The van der Waals surface area contributed by atoms with Crippen LogP contribution in [0.1, 0.15) is 18.1 Å². The van der Waals surface area contributed by atoms with E-state index < -0.39 is 22.5 Å². The third kappa shape index (κ3) is 3.50. The van der Waals surface area contributed by atoms with Gasteiger partial charge < -0.3 is 4.74 Å². The second kappa shape index (κ2) is 7.49. The minimum Gasteiger partial charge on any atom is -0.465 e. The summed E-state index contributed by atoms with van der Waals surface area (Å²) < 4.78 is 31.3. The number of nitrogens with zero attached hydrogens (tertiary/aromatic N) is 3. The molecule has 7 nitrogen and oxygen atoms in total. The van der Waals surface area contributed by atoms with Crippen LogP contribution in [0.25, 0.3) is 0 Å². The molecule has 0 amide bonds. The number of benzene rings is 2. The SMILES string of the molecule is CCOC(=O)CN1/C(=N/N=C\c2ccccc2)c2ccccc2S1(=O)=O. The Bertz CT molecular complexity index is 969. The highest BCUT2D eigenvalue weighted by Crippen LogP contribution is 2.30. The van der Waals surface area contributed by atoms with Gasteiger partial charge in [-0.2, -0.15) is 5.10 Å². The molecular weight excluding hydrogens is 354 g/mol. The van der Waals surface area contributed by atoms with Gasteiger partial charge >= 0.3 is 5.97 Å². The molecule has 0 saturated heterocycles. The number of ether oxygens (including phenoxy) is 1. The van der Waals surface area contributed by atoms with E-state index in [1.165, 1.54) is 12.3 Å². The molecule has 1 aliphatic heterocycles. The van der Waals surface area contributed by atoms with Crippen LogP contribution in [0.3, 0.4) is 0 Å². The molecule has 0 spiro atoms. The molecule has 0 radical (unpaired) electrons. The van der Waals surface area contributed by atoms with Crippen LogP contribution >= 0.6 is 0 Å². The molecule has 0 aromatic heterocycles. The third-order valence-corrected chi connectivity index (χ3v) is 5.46. The molecule has 0 saturated carbocycles. The molecular formula is C18H17N3O4S. The van der Waals surface area contributed by atoms with E-state index in [1.54, 1.807) is 25.1 Å². The predicted octanol–water partition coefficient (Wildman–Crippen LogP) is 2.03. The average molecular weight is 371 g/mol. The monoisotopic (exact) mass is 371 g/mol. The Morgan fingerprint density at radius 2 is 1.81 bits per heavy atom. The topological polar surface area (TPSA) is 88.4 Å². The van der Waals surface area contributed by atoms with Crippen LogP contribution in [0, 0.1) is 0 Å². The Morgan fingerprint density at radius 1 is 1.12 bits per heavy atom. The summed E-state index contributed by atoms with van der Waals surface area (Å²) in [6.07, 6.45) is 1.52. The fourth-order valence-electron chi connectivity index (χ4n) is 2.52. The summed E-state index contributed by atoms with van der Waals surface area (Å²) in [6.45, 7) is 1.37. The molecule has 3 rings (SSSR count). The van der Waals surface area contributed by atoms with Gasteiger partial charge in [0.1, 0.15) is 6.54 Å². The zero-order valence-corrected chi connectivity index (χ0v) is 14.9. The van der Waals surface area contributed by atoms with Gasteiger partial charge in [0.2, 0.25) is 0 Å². The first-order chi connectivity index (χ1) is 12.5. The maximum absolute atomic E-state index is 12.8. The smallest absolute Gasteiger partial charge is 0.326 e. The summed E-state index contributed by atoms with van der Waals surface area (Å²) in [4.78, 5) is 12.0. The second-order valence-electron chi connectivity index (χ2n) is 5.39. The van der Waals surface area contributed by atoms with Gasteiger partial charge in [-0.3, -0.25) is 4.79 Å². The van der Waals surface area contributed by atoms with Crippen molar-refractivity contribution in [1.29, 1.82) is 0 Å². The summed E-state index contributed by atoms with van der Waals surface area (Å²) in [5, 5.41) is 8.07. The van der Waals surface area contributed by atoms with Crippen LogP contribution < -0.4 is 0 Å². The van der Waals surface area contributed by atoms with E-state index in [9.17, 15) is 13.2 Å². The van der Waals surface area contributed by atoms with E-state index in [0.29, 0.717) is 5.56 Å². The molecule has 0 bridgehead atoms. The average Bonchev–Trinajstić information content (AvgIpc) is 2.84. The Labute approximate surface area is 151 Å². The molecule has 134 valence electrons. The number of rotatable bonds is 5. The van der Waals surface area contributed by atoms with Crippen LogP contribution in [0.15, 0.2) is 69.7 Å². The van der Waals surface area contributed by atoms with Crippen molar-refractivity contribution >= 4 is 28.0 Å². The van der Waals surface area contributed by atoms with Crippen LogP contribution in [0.4, 0.5) is 0 Å². The summed E-state index contributed by atoms with van der Waals surface area (Å²) >= 11 is 0. The van der Waals surface area contributed by atoms with Crippen LogP contribution in [-0.4, -0.2) is 43.9 Å². The first kappa shape index (κ1) is 17.8. The number of carbonyl (C=O) groups is 1. The first-order valence-corrected chi connectivity index (χ1v) is 9.42. The quantitative estimate of drug-likeness (QED) is 0.457. The fourth-order valence-corrected chi connectivity index (χ4v) is 4.08. The maximum Gasteiger partial charge on any atom is 0.326 e. The third-order valence-electron chi connectivity index (χ3n) is 3.67. The number of amidine groups is 1. The Hall–Kier alpha value is -3.00. The lowest BCUT2D eigenvalue weighted by atomic mass is 10.2. The number of hydrogen-bond donors (Lipinski definition) is 0. The van der Waals surface area contributed by atoms with Crippen LogP contribution in [-0.2, 0) is 19.6 Å². The van der Waals surface area contributed by atoms with Gasteiger partial charge in [-0.1, -0.05) is 42.5 Å². The summed E-state index contributed by atoms with van der Waals surface area (Å²) in [5.74, 6) is -0.551. The Morgan fingerprint density at radius 3 is 2.54 bits per heavy atom. The van der Waals surface area contributed by atoms with Gasteiger partial charge in [0.05, 0.1) is 17.7 Å². The van der Waals surface area contributed by atoms with Gasteiger partial charge in [0.15, 0.2) is 5.84 Å². The normalized spacial score (nSPS) is 16.8. The molecule has 0 aliphatic carbocycles. The van der Waals surface area contributed by atoms with Crippen molar-refractivity contribution in [3.05, 3.63) is 65.7 Å². The minimum absolute atomic E-state index is 0.0953. The minimum atomic E-state index is -3.88. The van der Waals surface area contributed by atoms with E-state index in [2.05, 4.69) is 10.2 Å². The van der Waals surface area contributed by atoms with Crippen molar-refractivity contribution in [1.82, 2.24) is 4.31 Å². The lowest BCUT2D eigenvalue weighted by molar-refractivity contribution is -0.142. The molecule has 0 N–H and O–H groups in total. The van der Waals surface area contributed by atoms with Crippen LogP contribution in [0.2, 0.25) is 0 Å². The van der Waals surface area contributed by atoms with E-state index in [0.717, 1.165) is 9.87 Å². The fraction of sp³-hybridized carbons (Fsp3) is 0.167. The van der Waals surface area contributed by atoms with E-state index in [-0.39, 0.29) is 17.3 Å². The molecule has 0 unspecified atom stereocenters. The molecule has 26 heavy (non-hydrogen) atoms. The van der Waals surface area contributed by atoms with Gasteiger partial charge in [0, 0.05) is 5.56 Å². The molecule has 2 aromatic rings. The lowest BCUT2D eigenvalue weighted by Crippen LogP contribution is -2.36. The van der Waals surface area contributed by atoms with E-state index >= 15 is 0 Å². The highest BCUT2D eigenvalue weighted by molar-refractivity contribution is 7.90. The molecule has 0 atom stereocenters. The van der Waals surface area contributed by atoms with Crippen molar-refractivity contribution in [2.24, 2.45) is 10.2 Å². The van der Waals surface area contributed by atoms with E-state index in [4.69, 9.17) is 4.74 Å². The van der Waals surface area contributed by atoms with Gasteiger partial charge in [-0.15, -0.1) is 5.10 Å². The van der Waals surface area contributed by atoms with Gasteiger partial charge in [-0.05, 0) is 24.6 Å². The van der Waals surface area contributed by atoms with Gasteiger partial charge in [0.25, 0.3) is 10.0 Å². The van der Waals surface area contributed by atoms with Crippen LogP contribution in [0.5, 0.6) is 0 Å². The zero-order valence-electron chi connectivity index (χ0n) is 14.1. The van der Waals surface area contributed by atoms with Crippen molar-refractivity contribution in [3.63, 3.8) is 0 Å². The summed E-state index contributed by atoms with van der Waals surface area (Å²) in [6, 6.07) is 15.7. The summed E-state index contributed by atoms with van der Waals surface area (Å²) in [5.41, 5.74) is 1.23. The molecule has 0 fully saturated rings. The van der Waals surface area contributed by atoms with E-state index in [1.807, 2.05) is 30.3 Å². The second-order valence-corrected chi connectivity index (χ2v) is 7.22. The van der Waals surface area contributed by atoms with Crippen molar-refractivity contribution in [2.75, 3.05) is 13.2 Å². The predicted molar refractivity (Wildman–Crippen MR) is 97.5 cm³/mol. The molecule has 2 aromatic carbocycles. The summed E-state index contributed by atoms with van der Waals surface area (Å²) in [7, 11) is -3.88. The lowest BCUT2D eigenvalue weighted by Gasteiger charge is -2.16. The van der Waals surface area contributed by atoms with Crippen molar-refractivity contribution < 1.29 is 17.9 Å². The molecule has 1 aliphatic rings. The maximum atomic E-state index is 12.8. The highest BCUT2D eigenvalue weighted by atomic mass is 32.2. The molecule has 1 heterocycles. The zero-order chi connectivity index (χ0) is 18.6. The number of esters is 1. The highest BCUT2D eigenvalue weighted by Gasteiger charge is 2.40. The Kier molecular flexibility index (Phi) is 5.13. The Balaban J connectivity index is 1.99. The number of sulfonamides is 1. The standard InChI is InChI=1S/C18H17N3O4S/c1-2-25-17(22)13-21-18(20-19-12-14-8-4-3-5-9-14)15-10-6-7-11-16(15)26(21,23)24/h3-12H,2,13H2,1H3/b19-12-,20-18+. The molecule has 8 heteroatoms. The number of hydrogen-bond acceptors (Lipinski definition) is 6. The van der Waals surface area contributed by atoms with Gasteiger partial charge in [-0.25, -0.2) is 12.7 Å².